The summed E-state index contributed by atoms with van der Waals surface area (Å²) in [6.07, 6.45) is 1.60. The number of carbonyl (C=O) groups excluding carboxylic acids is 1. The summed E-state index contributed by atoms with van der Waals surface area (Å²) in [7, 11) is -1.86. The average molecular weight is 309 g/mol. The molecule has 0 amide bonds. The highest BCUT2D eigenvalue weighted by atomic mass is 31.1. The van der Waals surface area contributed by atoms with Gasteiger partial charge in [0.25, 0.3) is 0 Å². The molecule has 0 saturated carbocycles. The molecule has 20 heavy (non-hydrogen) atoms. The molecule has 0 aliphatic carbocycles. The molecule has 0 aliphatic heterocycles. The fourth-order valence-electron chi connectivity index (χ4n) is 1.94. The Morgan fingerprint density at radius 3 is 2.75 bits per heavy atom. The number of nitrogens with zero attached hydrogens (tertiary/aromatic N) is 1. The Labute approximate surface area is 121 Å². The number of ether oxygens (including phenoxy) is 1. The molecule has 2 heterocycles. The number of aromatic nitrogens is 1. The number of hydrogen-bond donors (Lipinski definition) is 0. The minimum atomic E-state index is -1.23. The van der Waals surface area contributed by atoms with Gasteiger partial charge in [-0.15, -0.1) is 0 Å². The van der Waals surface area contributed by atoms with E-state index in [0.717, 1.165) is 5.79 Å². The van der Waals surface area contributed by atoms with E-state index in [1.807, 2.05) is 18.8 Å². The third-order valence-electron chi connectivity index (χ3n) is 2.65. The summed E-state index contributed by atoms with van der Waals surface area (Å²) in [4.78, 5) is 12.1. The maximum atomic E-state index is 12.1. The summed E-state index contributed by atoms with van der Waals surface area (Å²) in [5.74, 6) is 3.41. The SMILES string of the molecule is CCOC(=O)c1cp(C[Si](C)(C)C)nc1-c1ccco1. The van der Waals surface area contributed by atoms with E-state index in [-0.39, 0.29) is 5.97 Å². The van der Waals surface area contributed by atoms with E-state index < -0.39 is 15.8 Å². The Balaban J connectivity index is 2.40. The summed E-state index contributed by atoms with van der Waals surface area (Å²) < 4.78 is 15.3. The third kappa shape index (κ3) is 3.61. The highest BCUT2D eigenvalue weighted by molar-refractivity contribution is 7.47. The largest absolute Gasteiger partial charge is 0.463 e. The summed E-state index contributed by atoms with van der Waals surface area (Å²) >= 11 is 0. The van der Waals surface area contributed by atoms with Gasteiger partial charge in [0.15, 0.2) is 5.76 Å². The van der Waals surface area contributed by atoms with Crippen molar-refractivity contribution in [2.45, 2.75) is 32.3 Å². The van der Waals surface area contributed by atoms with Gasteiger partial charge in [-0.25, -0.2) is 9.54 Å². The molecule has 2 aromatic heterocycles. The third-order valence-corrected chi connectivity index (χ3v) is 8.75. The normalized spacial score (nSPS) is 12.5. The first-order valence-corrected chi connectivity index (χ1v) is 11.9. The fourth-order valence-corrected chi connectivity index (χ4v) is 7.52. The molecule has 0 aliphatic rings. The van der Waals surface area contributed by atoms with Crippen molar-refractivity contribution >= 4 is 21.7 Å². The number of esters is 1. The summed E-state index contributed by atoms with van der Waals surface area (Å²) in [5, 5.41) is 0. The highest BCUT2D eigenvalue weighted by Gasteiger charge is 2.23. The summed E-state index contributed by atoms with van der Waals surface area (Å²) in [6.45, 7) is 9.12. The zero-order chi connectivity index (χ0) is 14.8. The molecule has 0 fully saturated rings. The summed E-state index contributed by atoms with van der Waals surface area (Å²) in [6, 6.07) is 3.64. The van der Waals surface area contributed by atoms with Crippen LogP contribution in [0, 0.1) is 0 Å². The van der Waals surface area contributed by atoms with E-state index in [4.69, 9.17) is 13.9 Å². The van der Waals surface area contributed by atoms with E-state index in [1.54, 1.807) is 12.3 Å². The monoisotopic (exact) mass is 309 g/mol. The Morgan fingerprint density at radius 2 is 2.20 bits per heavy atom. The first kappa shape index (κ1) is 15.1. The lowest BCUT2D eigenvalue weighted by Crippen LogP contribution is -2.20. The van der Waals surface area contributed by atoms with Crippen molar-refractivity contribution in [3.8, 4) is 11.5 Å². The van der Waals surface area contributed by atoms with Crippen LogP contribution < -0.4 is 0 Å². The van der Waals surface area contributed by atoms with E-state index >= 15 is 0 Å². The standard InChI is InChI=1S/C14H20NO3PSi/c1-5-17-14(16)11-9-19(10-20(2,3)4)15-13(11)12-7-6-8-18-12/h6-9H,5,10H2,1-4H3. The Bertz CT molecular complexity index is 584. The zero-order valence-electron chi connectivity index (χ0n) is 12.3. The second-order valence-electron chi connectivity index (χ2n) is 5.85. The molecular formula is C14H20NO3PSi. The second kappa shape index (κ2) is 5.98. The minimum Gasteiger partial charge on any atom is -0.463 e. The maximum absolute atomic E-state index is 12.1. The molecule has 2 aromatic rings. The first-order valence-electron chi connectivity index (χ1n) is 6.69. The van der Waals surface area contributed by atoms with Crippen LogP contribution in [-0.4, -0.2) is 25.4 Å². The predicted molar refractivity (Wildman–Crippen MR) is 83.9 cm³/mol. The van der Waals surface area contributed by atoms with Gasteiger partial charge in [0.05, 0.1) is 26.5 Å². The highest BCUT2D eigenvalue weighted by Crippen LogP contribution is 2.38. The molecule has 4 nitrogen and oxygen atoms in total. The quantitative estimate of drug-likeness (QED) is 0.607. The Kier molecular flexibility index (Phi) is 4.51. The Morgan fingerprint density at radius 1 is 1.45 bits per heavy atom. The van der Waals surface area contributed by atoms with E-state index in [2.05, 4.69) is 19.6 Å². The molecular weight excluding hydrogens is 289 g/mol. The lowest BCUT2D eigenvalue weighted by Gasteiger charge is -2.13. The van der Waals surface area contributed by atoms with Crippen molar-refractivity contribution in [2.75, 3.05) is 6.61 Å². The van der Waals surface area contributed by atoms with Gasteiger partial charge in [-0.05, 0) is 38.3 Å². The van der Waals surface area contributed by atoms with Crippen molar-refractivity contribution in [1.82, 2.24) is 4.75 Å². The van der Waals surface area contributed by atoms with Gasteiger partial charge in [0.2, 0.25) is 0 Å². The van der Waals surface area contributed by atoms with Gasteiger partial charge in [0, 0.05) is 0 Å². The van der Waals surface area contributed by atoms with Crippen molar-refractivity contribution in [1.29, 1.82) is 0 Å². The lowest BCUT2D eigenvalue weighted by atomic mass is 10.2. The van der Waals surface area contributed by atoms with Crippen LogP contribution in [0.25, 0.3) is 11.5 Å². The second-order valence-corrected chi connectivity index (χ2v) is 13.6. The topological polar surface area (TPSA) is 52.3 Å². The molecule has 6 heteroatoms. The van der Waals surface area contributed by atoms with Crippen LogP contribution >= 0.6 is 7.69 Å². The average Bonchev–Trinajstić information content (AvgIpc) is 2.94. The summed E-state index contributed by atoms with van der Waals surface area (Å²) in [5.41, 5.74) is 1.21. The smallest absolute Gasteiger partial charge is 0.340 e. The van der Waals surface area contributed by atoms with E-state index in [9.17, 15) is 4.79 Å². The van der Waals surface area contributed by atoms with Crippen LogP contribution in [0.4, 0.5) is 0 Å². The van der Waals surface area contributed by atoms with E-state index in [1.165, 1.54) is 0 Å². The van der Waals surface area contributed by atoms with Gasteiger partial charge in [-0.1, -0.05) is 19.6 Å². The predicted octanol–water partition coefficient (Wildman–Crippen LogP) is 4.38. The van der Waals surface area contributed by atoms with Gasteiger partial charge < -0.3 is 9.15 Å². The van der Waals surface area contributed by atoms with Crippen molar-refractivity contribution < 1.29 is 13.9 Å². The molecule has 0 bridgehead atoms. The van der Waals surface area contributed by atoms with Crippen LogP contribution in [0.5, 0.6) is 0 Å². The van der Waals surface area contributed by atoms with Gasteiger partial charge >= 0.3 is 5.97 Å². The van der Waals surface area contributed by atoms with E-state index in [0.29, 0.717) is 23.6 Å². The molecule has 0 radical (unpaired) electrons. The molecule has 1 atom stereocenters. The van der Waals surface area contributed by atoms with Gasteiger partial charge in [-0.2, -0.15) is 0 Å². The number of hydrogen-bond acceptors (Lipinski definition) is 4. The molecule has 0 aromatic carbocycles. The van der Waals surface area contributed by atoms with Crippen LogP contribution in [0.3, 0.4) is 0 Å². The molecule has 108 valence electrons. The molecule has 2 rings (SSSR count). The number of furan rings is 1. The lowest BCUT2D eigenvalue weighted by molar-refractivity contribution is 0.0527. The van der Waals surface area contributed by atoms with Gasteiger partial charge in [-0.3, -0.25) is 0 Å². The van der Waals surface area contributed by atoms with Crippen molar-refractivity contribution in [2.24, 2.45) is 0 Å². The Hall–Kier alpha value is -1.32. The number of carbonyl (C=O) groups is 1. The fraction of sp³-hybridized carbons (Fsp3) is 0.429. The molecule has 0 saturated heterocycles. The molecule has 0 spiro atoms. The maximum Gasteiger partial charge on any atom is 0.340 e. The first-order chi connectivity index (χ1) is 9.40. The molecule has 0 N–H and O–H groups in total. The van der Waals surface area contributed by atoms with Gasteiger partial charge in [0.1, 0.15) is 5.69 Å². The van der Waals surface area contributed by atoms with Crippen molar-refractivity contribution in [3.05, 3.63) is 29.8 Å². The van der Waals surface area contributed by atoms with Crippen molar-refractivity contribution in [3.63, 3.8) is 0 Å². The van der Waals surface area contributed by atoms with Crippen LogP contribution in [0.15, 0.2) is 28.6 Å². The van der Waals surface area contributed by atoms with Crippen LogP contribution in [0.1, 0.15) is 17.3 Å². The van der Waals surface area contributed by atoms with Crippen LogP contribution in [-0.2, 0) is 10.5 Å². The number of rotatable bonds is 5. The minimum absolute atomic E-state index is 0.303. The molecule has 1 unspecified atom stereocenters. The zero-order valence-corrected chi connectivity index (χ0v) is 14.2. The van der Waals surface area contributed by atoms with Crippen LogP contribution in [0.2, 0.25) is 19.6 Å².